The Balaban J connectivity index is 1.28. The smallest absolute Gasteiger partial charge is 0.338 e. The molecule has 51 heavy (non-hydrogen) atoms. The highest BCUT2D eigenvalue weighted by molar-refractivity contribution is 5.95. The largest absolute Gasteiger partial charge is 0.416 e. The van der Waals surface area contributed by atoms with Gasteiger partial charge >= 0.3 is 6.18 Å². The summed E-state index contributed by atoms with van der Waals surface area (Å²) in [4.78, 5) is 43.1. The molecular weight excluding hydrogens is 651 g/mol. The van der Waals surface area contributed by atoms with Crippen molar-refractivity contribution in [3.63, 3.8) is 0 Å². The molecule has 5 aromatic rings. The van der Waals surface area contributed by atoms with Gasteiger partial charge in [0.05, 0.1) is 11.3 Å². The number of benzene rings is 3. The quantitative estimate of drug-likeness (QED) is 0.138. The van der Waals surface area contributed by atoms with Crippen LogP contribution in [0.5, 0.6) is 0 Å². The van der Waals surface area contributed by atoms with E-state index >= 15 is 0 Å². The molecule has 0 radical (unpaired) electrons. The third-order valence-electron chi connectivity index (χ3n) is 8.94. The number of rotatable bonds is 11. The summed E-state index contributed by atoms with van der Waals surface area (Å²) in [5.41, 5.74) is 4.05. The van der Waals surface area contributed by atoms with E-state index in [0.717, 1.165) is 41.1 Å². The summed E-state index contributed by atoms with van der Waals surface area (Å²) in [5.74, 6) is -0.599. The fourth-order valence-corrected chi connectivity index (χ4v) is 6.13. The SMILES string of the molecule is O=C([C@H](Cc1ccccc1)N(Cc1ccc(-c2cccnc2)nc1)C(=O)/C=C/c1ccc(C(F)(F)F)cc1)N1CCN(Cc2ccccc2)CC1. The lowest BCUT2D eigenvalue weighted by Crippen LogP contribution is -2.56. The molecule has 3 aromatic carbocycles. The maximum Gasteiger partial charge on any atom is 0.416 e. The lowest BCUT2D eigenvalue weighted by Gasteiger charge is -2.39. The molecule has 0 spiro atoms. The fraction of sp³-hybridized carbons (Fsp3) is 0.220. The number of carbonyl (C=O) groups excluding carboxylic acids is 2. The minimum Gasteiger partial charge on any atom is -0.338 e. The van der Waals surface area contributed by atoms with Gasteiger partial charge in [0.1, 0.15) is 6.04 Å². The number of halogens is 3. The van der Waals surface area contributed by atoms with Gasteiger partial charge in [-0.3, -0.25) is 24.5 Å². The third kappa shape index (κ3) is 9.55. The van der Waals surface area contributed by atoms with Crippen LogP contribution in [-0.4, -0.2) is 68.7 Å². The number of hydrogen-bond acceptors (Lipinski definition) is 5. The van der Waals surface area contributed by atoms with Crippen molar-refractivity contribution in [2.24, 2.45) is 0 Å². The van der Waals surface area contributed by atoms with Gasteiger partial charge in [0.25, 0.3) is 0 Å². The molecule has 3 heterocycles. The molecule has 0 N–H and O–H groups in total. The van der Waals surface area contributed by atoms with Crippen LogP contribution in [0, 0.1) is 0 Å². The number of piperazine rings is 1. The van der Waals surface area contributed by atoms with E-state index in [9.17, 15) is 22.8 Å². The van der Waals surface area contributed by atoms with Crippen molar-refractivity contribution in [3.05, 3.63) is 162 Å². The van der Waals surface area contributed by atoms with Crippen LogP contribution in [0.2, 0.25) is 0 Å². The Morgan fingerprint density at radius 1 is 0.765 bits per heavy atom. The third-order valence-corrected chi connectivity index (χ3v) is 8.94. The Kier molecular flexibility index (Phi) is 11.3. The zero-order valence-electron chi connectivity index (χ0n) is 28.0. The first-order chi connectivity index (χ1) is 24.7. The molecule has 6 rings (SSSR count). The summed E-state index contributed by atoms with van der Waals surface area (Å²) in [6.07, 6.45) is 3.71. The van der Waals surface area contributed by atoms with Crippen LogP contribution in [-0.2, 0) is 35.3 Å². The van der Waals surface area contributed by atoms with Crippen LogP contribution in [0.4, 0.5) is 13.2 Å². The van der Waals surface area contributed by atoms with Crippen molar-refractivity contribution in [1.82, 2.24) is 24.7 Å². The maximum atomic E-state index is 14.5. The minimum absolute atomic E-state index is 0.0910. The predicted octanol–water partition coefficient (Wildman–Crippen LogP) is 7.16. The molecule has 2 amide bonds. The Morgan fingerprint density at radius 3 is 2.06 bits per heavy atom. The number of amides is 2. The summed E-state index contributed by atoms with van der Waals surface area (Å²) < 4.78 is 39.5. The monoisotopic (exact) mass is 689 g/mol. The summed E-state index contributed by atoms with van der Waals surface area (Å²) in [6.45, 7) is 3.30. The molecule has 1 atom stereocenters. The van der Waals surface area contributed by atoms with Crippen molar-refractivity contribution in [3.8, 4) is 11.3 Å². The number of pyridine rings is 2. The highest BCUT2D eigenvalue weighted by atomic mass is 19.4. The summed E-state index contributed by atoms with van der Waals surface area (Å²) >= 11 is 0. The van der Waals surface area contributed by atoms with E-state index in [1.54, 1.807) is 23.5 Å². The van der Waals surface area contributed by atoms with E-state index in [0.29, 0.717) is 31.7 Å². The second-order valence-electron chi connectivity index (χ2n) is 12.5. The molecule has 1 aliphatic heterocycles. The van der Waals surface area contributed by atoms with Crippen molar-refractivity contribution < 1.29 is 22.8 Å². The molecule has 260 valence electrons. The standard InChI is InChI=1S/C41H38F3N5O2/c42-41(43,44)36-17-13-31(14-18-36)16-20-39(50)49(30-34-15-19-37(46-27-34)35-12-7-21-45-28-35)38(26-32-8-3-1-4-9-32)40(51)48-24-22-47(23-25-48)29-33-10-5-2-6-11-33/h1-21,27-28,38H,22-26,29-30H2/b20-16+/t38-/m0/s1. The van der Waals surface area contributed by atoms with Crippen LogP contribution >= 0.6 is 0 Å². The van der Waals surface area contributed by atoms with E-state index in [1.807, 2.05) is 77.7 Å². The summed E-state index contributed by atoms with van der Waals surface area (Å²) in [6, 6.07) is 31.0. The molecular formula is C41H38F3N5O2. The van der Waals surface area contributed by atoms with Crippen LogP contribution in [0.15, 0.2) is 134 Å². The first-order valence-corrected chi connectivity index (χ1v) is 16.8. The van der Waals surface area contributed by atoms with Gasteiger partial charge in [0, 0.05) is 75.9 Å². The Hall–Kier alpha value is -5.61. The first kappa shape index (κ1) is 35.2. The van der Waals surface area contributed by atoms with Gasteiger partial charge in [0.2, 0.25) is 11.8 Å². The molecule has 1 aliphatic rings. The van der Waals surface area contributed by atoms with Crippen LogP contribution in [0.3, 0.4) is 0 Å². The Labute approximate surface area is 295 Å². The number of alkyl halides is 3. The van der Waals surface area contributed by atoms with Gasteiger partial charge < -0.3 is 9.80 Å². The van der Waals surface area contributed by atoms with E-state index < -0.39 is 23.7 Å². The van der Waals surface area contributed by atoms with Crippen LogP contribution in [0.1, 0.15) is 27.8 Å². The average Bonchev–Trinajstić information content (AvgIpc) is 3.16. The average molecular weight is 690 g/mol. The fourth-order valence-electron chi connectivity index (χ4n) is 6.13. The number of hydrogen-bond donors (Lipinski definition) is 0. The van der Waals surface area contributed by atoms with Gasteiger partial charge in [-0.05, 0) is 58.7 Å². The number of carbonyl (C=O) groups is 2. The van der Waals surface area contributed by atoms with E-state index in [-0.39, 0.29) is 18.9 Å². The van der Waals surface area contributed by atoms with Crippen molar-refractivity contribution in [2.45, 2.75) is 31.7 Å². The second kappa shape index (κ2) is 16.4. The highest BCUT2D eigenvalue weighted by Crippen LogP contribution is 2.29. The predicted molar refractivity (Wildman–Crippen MR) is 191 cm³/mol. The van der Waals surface area contributed by atoms with Gasteiger partial charge in [-0.2, -0.15) is 13.2 Å². The molecule has 1 saturated heterocycles. The first-order valence-electron chi connectivity index (χ1n) is 16.8. The van der Waals surface area contributed by atoms with Gasteiger partial charge in [-0.25, -0.2) is 0 Å². The molecule has 0 saturated carbocycles. The molecule has 1 fully saturated rings. The summed E-state index contributed by atoms with van der Waals surface area (Å²) in [5, 5.41) is 0. The molecule has 0 unspecified atom stereocenters. The van der Waals surface area contributed by atoms with Crippen molar-refractivity contribution in [2.75, 3.05) is 26.2 Å². The van der Waals surface area contributed by atoms with Crippen molar-refractivity contribution >= 4 is 17.9 Å². The van der Waals surface area contributed by atoms with E-state index in [1.165, 1.54) is 29.8 Å². The Morgan fingerprint density at radius 2 is 1.45 bits per heavy atom. The second-order valence-corrected chi connectivity index (χ2v) is 12.5. The lowest BCUT2D eigenvalue weighted by molar-refractivity contribution is -0.145. The zero-order chi connectivity index (χ0) is 35.6. The highest BCUT2D eigenvalue weighted by Gasteiger charge is 2.34. The van der Waals surface area contributed by atoms with Gasteiger partial charge in [-0.1, -0.05) is 78.9 Å². The van der Waals surface area contributed by atoms with E-state index in [4.69, 9.17) is 0 Å². The maximum absolute atomic E-state index is 14.5. The Bertz CT molecular complexity index is 1900. The lowest BCUT2D eigenvalue weighted by atomic mass is 10.0. The normalized spacial score (nSPS) is 14.4. The molecule has 0 aliphatic carbocycles. The van der Waals surface area contributed by atoms with Gasteiger partial charge in [0.15, 0.2) is 0 Å². The van der Waals surface area contributed by atoms with Crippen LogP contribution in [0.25, 0.3) is 17.3 Å². The molecule has 0 bridgehead atoms. The number of nitrogens with zero attached hydrogens (tertiary/aromatic N) is 5. The molecule has 10 heteroatoms. The van der Waals surface area contributed by atoms with Gasteiger partial charge in [-0.15, -0.1) is 0 Å². The van der Waals surface area contributed by atoms with Crippen molar-refractivity contribution in [1.29, 1.82) is 0 Å². The zero-order valence-corrected chi connectivity index (χ0v) is 28.0. The summed E-state index contributed by atoms with van der Waals surface area (Å²) in [7, 11) is 0. The minimum atomic E-state index is -4.46. The van der Waals surface area contributed by atoms with Crippen LogP contribution < -0.4 is 0 Å². The molecule has 2 aromatic heterocycles. The number of aromatic nitrogens is 2. The topological polar surface area (TPSA) is 69.6 Å². The molecule has 7 nitrogen and oxygen atoms in total. The van der Waals surface area contributed by atoms with E-state index in [2.05, 4.69) is 27.0 Å².